The molecule has 0 aliphatic rings. The molecule has 1 heterocycles. The highest BCUT2D eigenvalue weighted by atomic mass is 35.5. The third kappa shape index (κ3) is 3.13. The van der Waals surface area contributed by atoms with Gasteiger partial charge in [0.15, 0.2) is 0 Å². The Hall–Kier alpha value is -0.740. The van der Waals surface area contributed by atoms with Crippen LogP contribution in [-0.2, 0) is 0 Å². The maximum absolute atomic E-state index is 6.14. The normalized spacial score (nSPS) is 11.7. The quantitative estimate of drug-likeness (QED) is 0.931. The lowest BCUT2D eigenvalue weighted by atomic mass is 10.0. The molecule has 0 bridgehead atoms. The molecule has 5 heteroatoms. The summed E-state index contributed by atoms with van der Waals surface area (Å²) in [5.41, 5.74) is 8.25. The van der Waals surface area contributed by atoms with E-state index in [1.807, 2.05) is 35.0 Å². The zero-order valence-corrected chi connectivity index (χ0v) is 11.6. The van der Waals surface area contributed by atoms with Gasteiger partial charge in [-0.15, -0.1) is 12.4 Å². The van der Waals surface area contributed by atoms with E-state index in [0.29, 0.717) is 10.8 Å². The van der Waals surface area contributed by atoms with E-state index >= 15 is 0 Å². The van der Waals surface area contributed by atoms with Crippen LogP contribution >= 0.6 is 35.3 Å². The molecule has 0 aliphatic heterocycles. The Labute approximate surface area is 116 Å². The predicted molar refractivity (Wildman–Crippen MR) is 75.6 cm³/mol. The molecule has 17 heavy (non-hydrogen) atoms. The molecule has 0 amide bonds. The minimum atomic E-state index is -0.127. The first kappa shape index (κ1) is 14.3. The largest absolute Gasteiger partial charge is 0.495 e. The molecule has 0 unspecified atom stereocenters. The number of hydrogen-bond donors (Lipinski definition) is 1. The van der Waals surface area contributed by atoms with Gasteiger partial charge in [0.25, 0.3) is 0 Å². The summed E-state index contributed by atoms with van der Waals surface area (Å²) in [5.74, 6) is 0.657. The summed E-state index contributed by atoms with van der Waals surface area (Å²) in [7, 11) is 1.60. The SMILES string of the molecule is COc1cc([C@@H](N)c2ccsc2)ccc1Cl.Cl. The molecule has 2 aromatic rings. The zero-order valence-electron chi connectivity index (χ0n) is 9.22. The van der Waals surface area contributed by atoms with E-state index < -0.39 is 0 Å². The fourth-order valence-corrected chi connectivity index (χ4v) is 2.41. The van der Waals surface area contributed by atoms with Crippen molar-refractivity contribution in [1.82, 2.24) is 0 Å². The number of hydrogen-bond acceptors (Lipinski definition) is 3. The Morgan fingerprint density at radius 3 is 2.65 bits per heavy atom. The summed E-state index contributed by atoms with van der Waals surface area (Å²) in [6.45, 7) is 0. The molecule has 0 saturated heterocycles. The lowest BCUT2D eigenvalue weighted by molar-refractivity contribution is 0.414. The van der Waals surface area contributed by atoms with Gasteiger partial charge in [-0.25, -0.2) is 0 Å². The predicted octanol–water partition coefficient (Wildman–Crippen LogP) is 3.88. The molecule has 0 saturated carbocycles. The maximum Gasteiger partial charge on any atom is 0.137 e. The number of nitrogens with two attached hydrogens (primary N) is 1. The van der Waals surface area contributed by atoms with E-state index in [1.54, 1.807) is 18.4 Å². The molecule has 92 valence electrons. The van der Waals surface area contributed by atoms with E-state index in [0.717, 1.165) is 11.1 Å². The van der Waals surface area contributed by atoms with Crippen LogP contribution in [0.4, 0.5) is 0 Å². The van der Waals surface area contributed by atoms with Crippen molar-refractivity contribution >= 4 is 35.3 Å². The Morgan fingerprint density at radius 1 is 1.29 bits per heavy atom. The van der Waals surface area contributed by atoms with E-state index in [-0.39, 0.29) is 18.4 Å². The Balaban J connectivity index is 0.00000144. The van der Waals surface area contributed by atoms with Gasteiger partial charge in [0.2, 0.25) is 0 Å². The average Bonchev–Trinajstić information content (AvgIpc) is 2.82. The molecule has 0 radical (unpaired) electrons. The highest BCUT2D eigenvalue weighted by Gasteiger charge is 2.11. The summed E-state index contributed by atoms with van der Waals surface area (Å²) in [4.78, 5) is 0. The Morgan fingerprint density at radius 2 is 2.06 bits per heavy atom. The van der Waals surface area contributed by atoms with Crippen LogP contribution in [0.25, 0.3) is 0 Å². The molecule has 2 rings (SSSR count). The van der Waals surface area contributed by atoms with Crippen molar-refractivity contribution in [2.45, 2.75) is 6.04 Å². The van der Waals surface area contributed by atoms with Gasteiger partial charge < -0.3 is 10.5 Å². The molecule has 0 fully saturated rings. The van der Waals surface area contributed by atoms with Crippen molar-refractivity contribution in [1.29, 1.82) is 0 Å². The summed E-state index contributed by atoms with van der Waals surface area (Å²) < 4.78 is 5.17. The van der Waals surface area contributed by atoms with Crippen LogP contribution < -0.4 is 10.5 Å². The zero-order chi connectivity index (χ0) is 11.5. The number of methoxy groups -OCH3 is 1. The van der Waals surface area contributed by atoms with Crippen molar-refractivity contribution in [3.05, 3.63) is 51.2 Å². The maximum atomic E-state index is 6.14. The van der Waals surface area contributed by atoms with Gasteiger partial charge in [-0.2, -0.15) is 11.3 Å². The van der Waals surface area contributed by atoms with Crippen LogP contribution in [0.1, 0.15) is 17.2 Å². The first-order chi connectivity index (χ1) is 7.72. The van der Waals surface area contributed by atoms with E-state index in [1.165, 1.54) is 0 Å². The van der Waals surface area contributed by atoms with Crippen LogP contribution in [0.2, 0.25) is 5.02 Å². The lowest BCUT2D eigenvalue weighted by Gasteiger charge is -2.12. The van der Waals surface area contributed by atoms with E-state index in [2.05, 4.69) is 0 Å². The van der Waals surface area contributed by atoms with Gasteiger partial charge in [-0.1, -0.05) is 17.7 Å². The summed E-state index contributed by atoms with van der Waals surface area (Å²) in [6.07, 6.45) is 0. The molecule has 1 aromatic carbocycles. The minimum Gasteiger partial charge on any atom is -0.495 e. The fourth-order valence-electron chi connectivity index (χ4n) is 1.51. The molecule has 0 aliphatic carbocycles. The molecular formula is C12H13Cl2NOS. The summed E-state index contributed by atoms with van der Waals surface area (Å²) in [5, 5.41) is 4.66. The molecule has 2 nitrogen and oxygen atoms in total. The van der Waals surface area contributed by atoms with Crippen molar-refractivity contribution in [2.24, 2.45) is 5.73 Å². The van der Waals surface area contributed by atoms with Crippen molar-refractivity contribution in [2.75, 3.05) is 7.11 Å². The lowest BCUT2D eigenvalue weighted by Crippen LogP contribution is -2.10. The Bertz CT molecular complexity index is 473. The van der Waals surface area contributed by atoms with Gasteiger partial charge in [0.05, 0.1) is 18.2 Å². The third-order valence-corrected chi connectivity index (χ3v) is 3.45. The second-order valence-electron chi connectivity index (χ2n) is 3.43. The van der Waals surface area contributed by atoms with Gasteiger partial charge in [-0.05, 0) is 40.1 Å². The van der Waals surface area contributed by atoms with Gasteiger partial charge in [0, 0.05) is 0 Å². The number of thiophene rings is 1. The van der Waals surface area contributed by atoms with E-state index in [9.17, 15) is 0 Å². The van der Waals surface area contributed by atoms with Crippen LogP contribution in [0.5, 0.6) is 5.75 Å². The van der Waals surface area contributed by atoms with Crippen LogP contribution in [0.15, 0.2) is 35.0 Å². The second kappa shape index (κ2) is 6.26. The Kier molecular flexibility index (Phi) is 5.28. The fraction of sp³-hybridized carbons (Fsp3) is 0.167. The number of ether oxygens (including phenoxy) is 1. The molecule has 0 spiro atoms. The molecular weight excluding hydrogens is 277 g/mol. The highest BCUT2D eigenvalue weighted by molar-refractivity contribution is 7.08. The van der Waals surface area contributed by atoms with Crippen LogP contribution in [-0.4, -0.2) is 7.11 Å². The van der Waals surface area contributed by atoms with Crippen molar-refractivity contribution < 1.29 is 4.74 Å². The standard InChI is InChI=1S/C12H12ClNOS.ClH/c1-15-11-6-8(2-3-10(11)13)12(14)9-4-5-16-7-9;/h2-7,12H,14H2,1H3;1H/t12-;/m1./s1. The number of benzene rings is 1. The molecule has 1 atom stereocenters. The number of rotatable bonds is 3. The average molecular weight is 290 g/mol. The van der Waals surface area contributed by atoms with Gasteiger partial charge >= 0.3 is 0 Å². The second-order valence-corrected chi connectivity index (χ2v) is 4.62. The number of halogens is 2. The first-order valence-corrected chi connectivity index (χ1v) is 6.15. The van der Waals surface area contributed by atoms with Crippen molar-refractivity contribution in [3.63, 3.8) is 0 Å². The minimum absolute atomic E-state index is 0. The van der Waals surface area contributed by atoms with Crippen molar-refractivity contribution in [3.8, 4) is 5.75 Å². The van der Waals surface area contributed by atoms with Gasteiger partial charge in [-0.3, -0.25) is 0 Å². The molecule has 2 N–H and O–H groups in total. The highest BCUT2D eigenvalue weighted by Crippen LogP contribution is 2.29. The van der Waals surface area contributed by atoms with Crippen LogP contribution in [0, 0.1) is 0 Å². The summed E-state index contributed by atoms with van der Waals surface area (Å²) in [6, 6.07) is 7.51. The monoisotopic (exact) mass is 289 g/mol. The third-order valence-electron chi connectivity index (χ3n) is 2.44. The van der Waals surface area contributed by atoms with E-state index in [4.69, 9.17) is 22.1 Å². The topological polar surface area (TPSA) is 35.2 Å². The van der Waals surface area contributed by atoms with Crippen LogP contribution in [0.3, 0.4) is 0 Å². The summed E-state index contributed by atoms with van der Waals surface area (Å²) >= 11 is 7.60. The first-order valence-electron chi connectivity index (χ1n) is 4.83. The molecule has 1 aromatic heterocycles. The smallest absolute Gasteiger partial charge is 0.137 e. The van der Waals surface area contributed by atoms with Gasteiger partial charge in [0.1, 0.15) is 5.75 Å².